The monoisotopic (exact) mass is 476 g/mol. The van der Waals surface area contributed by atoms with Crippen molar-refractivity contribution < 1.29 is 24.2 Å². The molecule has 2 aliphatic carbocycles. The third-order valence-corrected chi connectivity index (χ3v) is 7.69. The molecule has 5 rings (SSSR count). The van der Waals surface area contributed by atoms with E-state index in [-0.39, 0.29) is 37.2 Å². The summed E-state index contributed by atoms with van der Waals surface area (Å²) in [6.45, 7) is 1.55. The van der Waals surface area contributed by atoms with Crippen molar-refractivity contribution in [2.75, 3.05) is 19.7 Å². The van der Waals surface area contributed by atoms with E-state index in [4.69, 9.17) is 9.84 Å². The lowest BCUT2D eigenvalue weighted by atomic mass is 9.93. The molecule has 1 unspecified atom stereocenters. The Morgan fingerprint density at radius 2 is 1.69 bits per heavy atom. The maximum Gasteiger partial charge on any atom is 0.407 e. The number of nitrogens with zero attached hydrogens (tertiary/aromatic N) is 1. The van der Waals surface area contributed by atoms with Crippen LogP contribution in [0.2, 0.25) is 0 Å². The molecule has 0 aromatic heterocycles. The fourth-order valence-corrected chi connectivity index (χ4v) is 5.60. The molecule has 0 bridgehead atoms. The molecule has 0 spiro atoms. The lowest BCUT2D eigenvalue weighted by Gasteiger charge is -2.33. The molecule has 2 aromatic rings. The molecule has 184 valence electrons. The molecule has 7 nitrogen and oxygen atoms in total. The van der Waals surface area contributed by atoms with E-state index in [1.165, 1.54) is 22.3 Å². The number of hydrogen-bond acceptors (Lipinski definition) is 4. The topological polar surface area (TPSA) is 95.9 Å². The molecule has 7 heteroatoms. The number of nitrogens with one attached hydrogen (secondary N) is 1. The van der Waals surface area contributed by atoms with Crippen LogP contribution in [0, 0.1) is 5.92 Å². The first-order valence-corrected chi connectivity index (χ1v) is 12.6. The molecule has 35 heavy (non-hydrogen) atoms. The maximum atomic E-state index is 13.0. The largest absolute Gasteiger partial charge is 0.481 e. The number of fused-ring (bicyclic) bond motifs is 3. The van der Waals surface area contributed by atoms with Crippen molar-refractivity contribution in [2.24, 2.45) is 5.92 Å². The van der Waals surface area contributed by atoms with E-state index in [1.54, 1.807) is 0 Å². The van der Waals surface area contributed by atoms with Gasteiger partial charge in [0, 0.05) is 25.4 Å². The summed E-state index contributed by atoms with van der Waals surface area (Å²) in [5.41, 5.74) is 4.18. The minimum Gasteiger partial charge on any atom is -0.481 e. The third-order valence-electron chi connectivity index (χ3n) is 7.69. The number of likely N-dealkylation sites (tertiary alicyclic amines) is 1. The number of benzene rings is 2. The predicted molar refractivity (Wildman–Crippen MR) is 131 cm³/mol. The van der Waals surface area contributed by atoms with Crippen molar-refractivity contribution in [3.8, 4) is 11.1 Å². The number of carboxylic acid groups (broad SMARTS) is 1. The lowest BCUT2D eigenvalue weighted by Crippen LogP contribution is -2.45. The maximum absolute atomic E-state index is 13.0. The normalized spacial score (nSPS) is 20.0. The standard InChI is InChI=1S/C28H32N2O5/c31-25(30-15-5-6-19(17-30)11-12-26(32)33)16-28(13-14-28)29-27(34)35-18-24-22-9-3-1-7-20(22)21-8-2-4-10-23(21)24/h1-4,7-10,19,24H,5-6,11-18H2,(H,29,34)(H,32,33). The summed E-state index contributed by atoms with van der Waals surface area (Å²) < 4.78 is 5.68. The smallest absolute Gasteiger partial charge is 0.407 e. The van der Waals surface area contributed by atoms with Gasteiger partial charge in [0.1, 0.15) is 6.61 Å². The molecular formula is C28H32N2O5. The molecule has 1 heterocycles. The van der Waals surface area contributed by atoms with Crippen molar-refractivity contribution in [2.45, 2.75) is 56.4 Å². The first-order valence-electron chi connectivity index (χ1n) is 12.6. The Labute approximate surface area is 205 Å². The highest BCUT2D eigenvalue weighted by atomic mass is 16.5. The molecule has 1 atom stereocenters. The second-order valence-corrected chi connectivity index (χ2v) is 10.2. The first kappa shape index (κ1) is 23.4. The van der Waals surface area contributed by atoms with Gasteiger partial charge < -0.3 is 20.1 Å². The van der Waals surface area contributed by atoms with Gasteiger partial charge >= 0.3 is 12.1 Å². The van der Waals surface area contributed by atoms with Crippen LogP contribution < -0.4 is 5.32 Å². The zero-order valence-electron chi connectivity index (χ0n) is 19.9. The van der Waals surface area contributed by atoms with Gasteiger partial charge in [0.05, 0.1) is 12.0 Å². The van der Waals surface area contributed by atoms with Crippen LogP contribution in [0.3, 0.4) is 0 Å². The summed E-state index contributed by atoms with van der Waals surface area (Å²) in [6.07, 6.45) is 3.90. The van der Waals surface area contributed by atoms with Crippen LogP contribution in [0.4, 0.5) is 4.79 Å². The molecular weight excluding hydrogens is 444 g/mol. The SMILES string of the molecule is O=C(O)CCC1CCCN(C(=O)CC2(NC(=O)OCC3c4ccccc4-c4ccccc43)CC2)C1. The second-order valence-electron chi connectivity index (χ2n) is 10.2. The fourth-order valence-electron chi connectivity index (χ4n) is 5.60. The van der Waals surface area contributed by atoms with Crippen LogP contribution in [-0.2, 0) is 14.3 Å². The average Bonchev–Trinajstić information content (AvgIpc) is 3.53. The van der Waals surface area contributed by atoms with Gasteiger partial charge in [-0.15, -0.1) is 0 Å². The molecule has 2 fully saturated rings. The quantitative estimate of drug-likeness (QED) is 0.583. The van der Waals surface area contributed by atoms with Gasteiger partial charge in [-0.25, -0.2) is 4.79 Å². The van der Waals surface area contributed by atoms with Crippen molar-refractivity contribution in [1.82, 2.24) is 10.2 Å². The van der Waals surface area contributed by atoms with Gasteiger partial charge in [0.15, 0.2) is 0 Å². The summed E-state index contributed by atoms with van der Waals surface area (Å²) in [7, 11) is 0. The van der Waals surface area contributed by atoms with Crippen LogP contribution in [0.25, 0.3) is 11.1 Å². The number of amides is 2. The van der Waals surface area contributed by atoms with Crippen LogP contribution in [0.1, 0.15) is 62.0 Å². The lowest BCUT2D eigenvalue weighted by molar-refractivity contribution is -0.137. The van der Waals surface area contributed by atoms with Crippen LogP contribution >= 0.6 is 0 Å². The van der Waals surface area contributed by atoms with Gasteiger partial charge in [0.2, 0.25) is 5.91 Å². The number of carbonyl (C=O) groups is 3. The van der Waals surface area contributed by atoms with Crippen LogP contribution in [0.15, 0.2) is 48.5 Å². The summed E-state index contributed by atoms with van der Waals surface area (Å²) in [5.74, 6) is -0.533. The zero-order valence-corrected chi connectivity index (χ0v) is 19.9. The van der Waals surface area contributed by atoms with Crippen molar-refractivity contribution >= 4 is 18.0 Å². The highest BCUT2D eigenvalue weighted by Gasteiger charge is 2.47. The molecule has 2 aromatic carbocycles. The van der Waals surface area contributed by atoms with Gasteiger partial charge in [-0.3, -0.25) is 9.59 Å². The number of rotatable bonds is 8. The Hall–Kier alpha value is -3.35. The molecule has 1 saturated heterocycles. The average molecular weight is 477 g/mol. The van der Waals surface area contributed by atoms with E-state index in [9.17, 15) is 14.4 Å². The van der Waals surface area contributed by atoms with E-state index in [2.05, 4.69) is 29.6 Å². The third kappa shape index (κ3) is 5.19. The van der Waals surface area contributed by atoms with Crippen molar-refractivity contribution in [3.63, 3.8) is 0 Å². The van der Waals surface area contributed by atoms with Crippen LogP contribution in [-0.4, -0.2) is 53.2 Å². The minimum atomic E-state index is -0.794. The number of piperidine rings is 1. The number of aliphatic carboxylic acids is 1. The molecule has 1 saturated carbocycles. The molecule has 1 aliphatic heterocycles. The minimum absolute atomic E-state index is 0.000945. The Kier molecular flexibility index (Phi) is 6.50. The number of carboxylic acids is 1. The fraction of sp³-hybridized carbons (Fsp3) is 0.464. The van der Waals surface area contributed by atoms with E-state index in [0.717, 1.165) is 25.7 Å². The van der Waals surface area contributed by atoms with Gasteiger partial charge in [-0.05, 0) is 60.3 Å². The summed E-state index contributed by atoms with van der Waals surface area (Å²) >= 11 is 0. The highest BCUT2D eigenvalue weighted by Crippen LogP contribution is 2.45. The van der Waals surface area contributed by atoms with E-state index < -0.39 is 17.6 Å². The molecule has 2 amide bonds. The van der Waals surface area contributed by atoms with Gasteiger partial charge in [-0.2, -0.15) is 0 Å². The zero-order chi connectivity index (χ0) is 24.4. The van der Waals surface area contributed by atoms with Crippen molar-refractivity contribution in [3.05, 3.63) is 59.7 Å². The first-order chi connectivity index (χ1) is 16.9. The Balaban J connectivity index is 1.15. The molecule has 0 radical (unpaired) electrons. The number of hydrogen-bond donors (Lipinski definition) is 2. The number of ether oxygens (including phenoxy) is 1. The Morgan fingerprint density at radius 3 is 2.31 bits per heavy atom. The number of alkyl carbamates (subject to hydrolysis) is 1. The number of carbonyl (C=O) groups excluding carboxylic acids is 2. The predicted octanol–water partition coefficient (Wildman–Crippen LogP) is 4.55. The van der Waals surface area contributed by atoms with Crippen molar-refractivity contribution in [1.29, 1.82) is 0 Å². The van der Waals surface area contributed by atoms with Gasteiger partial charge in [0.25, 0.3) is 0 Å². The summed E-state index contributed by atoms with van der Waals surface area (Å²) in [6, 6.07) is 16.4. The van der Waals surface area contributed by atoms with E-state index >= 15 is 0 Å². The van der Waals surface area contributed by atoms with Gasteiger partial charge in [-0.1, -0.05) is 48.5 Å². The second kappa shape index (κ2) is 9.72. The van der Waals surface area contributed by atoms with E-state index in [1.807, 2.05) is 29.2 Å². The summed E-state index contributed by atoms with van der Waals surface area (Å²) in [4.78, 5) is 38.4. The Bertz CT molecular complexity index is 1080. The molecule has 3 aliphatic rings. The van der Waals surface area contributed by atoms with Crippen LogP contribution in [0.5, 0.6) is 0 Å². The highest BCUT2D eigenvalue weighted by molar-refractivity contribution is 5.81. The summed E-state index contributed by atoms with van der Waals surface area (Å²) in [5, 5.41) is 11.9. The molecule has 2 N–H and O–H groups in total. The Morgan fingerprint density at radius 1 is 1.03 bits per heavy atom. The van der Waals surface area contributed by atoms with E-state index in [0.29, 0.717) is 19.5 Å².